The summed E-state index contributed by atoms with van der Waals surface area (Å²) in [5, 5.41) is 7.37. The molecule has 0 unspecified atom stereocenters. The average Bonchev–Trinajstić information content (AvgIpc) is 3.47. The Kier molecular flexibility index (Phi) is 8.40. The molecule has 210 valence electrons. The zero-order chi connectivity index (χ0) is 28.2. The molecule has 0 saturated heterocycles. The molecule has 1 aliphatic heterocycles. The van der Waals surface area contributed by atoms with Crippen molar-refractivity contribution in [2.75, 3.05) is 25.0 Å². The Morgan fingerprint density at radius 3 is 2.58 bits per heavy atom. The molecular weight excluding hydrogens is 528 g/mol. The summed E-state index contributed by atoms with van der Waals surface area (Å²) in [6.07, 6.45) is 8.98. The number of para-hydroxylation sites is 1. The molecule has 10 heteroatoms. The SMILES string of the molecule is C[C@@H]1CN(C(=O)c2ccc(-n3cccn3)cc2Cl)c2ccccc2CN1C(=O)NCC(=O)N(C)C1CCCCC1. The lowest BCUT2D eigenvalue weighted by Crippen LogP contribution is -2.51. The van der Waals surface area contributed by atoms with Gasteiger partial charge in [0, 0.05) is 50.3 Å². The Labute approximate surface area is 239 Å². The first-order valence-electron chi connectivity index (χ1n) is 13.8. The van der Waals surface area contributed by atoms with Gasteiger partial charge in [0.2, 0.25) is 5.91 Å². The fourth-order valence-corrected chi connectivity index (χ4v) is 5.86. The number of benzene rings is 2. The molecule has 1 fully saturated rings. The topological polar surface area (TPSA) is 90.8 Å². The quantitative estimate of drug-likeness (QED) is 0.480. The Balaban J connectivity index is 1.31. The lowest BCUT2D eigenvalue weighted by molar-refractivity contribution is -0.131. The standard InChI is InChI=1S/C30H35ClN6O3/c1-21-19-36(29(39)25-14-13-24(17-26(25)31)37-16-8-15-33-37)27-12-7-6-9-22(27)20-35(21)30(40)32-18-28(38)34(2)23-10-4-3-5-11-23/h6-9,12-17,21,23H,3-5,10-11,18-20H2,1-2H3,(H,32,40)/t21-/m1/s1. The van der Waals surface area contributed by atoms with Crippen molar-refractivity contribution < 1.29 is 14.4 Å². The maximum atomic E-state index is 13.8. The number of fused-ring (bicyclic) bond motifs is 1. The van der Waals surface area contributed by atoms with Gasteiger partial charge in [-0.1, -0.05) is 49.1 Å². The van der Waals surface area contributed by atoms with Crippen molar-refractivity contribution in [3.05, 3.63) is 77.1 Å². The highest BCUT2D eigenvalue weighted by Crippen LogP contribution is 2.31. The summed E-state index contributed by atoms with van der Waals surface area (Å²) >= 11 is 6.60. The van der Waals surface area contributed by atoms with Crippen LogP contribution in [0.15, 0.2) is 60.9 Å². The first-order chi connectivity index (χ1) is 19.3. The molecule has 1 N–H and O–H groups in total. The molecule has 3 aromatic rings. The van der Waals surface area contributed by atoms with Crippen LogP contribution in [0.25, 0.3) is 5.69 Å². The van der Waals surface area contributed by atoms with Gasteiger partial charge in [0.05, 0.1) is 22.8 Å². The number of hydrogen-bond donors (Lipinski definition) is 1. The summed E-state index contributed by atoms with van der Waals surface area (Å²) in [4.78, 5) is 45.2. The van der Waals surface area contributed by atoms with Crippen LogP contribution in [-0.4, -0.2) is 69.6 Å². The van der Waals surface area contributed by atoms with Gasteiger partial charge in [-0.3, -0.25) is 9.59 Å². The van der Waals surface area contributed by atoms with E-state index in [1.54, 1.807) is 50.0 Å². The predicted molar refractivity (Wildman–Crippen MR) is 155 cm³/mol. The molecular formula is C30H35ClN6O3. The van der Waals surface area contributed by atoms with Crippen LogP contribution < -0.4 is 10.2 Å². The summed E-state index contributed by atoms with van der Waals surface area (Å²) in [7, 11) is 1.82. The van der Waals surface area contributed by atoms with Crippen molar-refractivity contribution >= 4 is 35.1 Å². The van der Waals surface area contributed by atoms with Crippen LogP contribution in [0.2, 0.25) is 5.02 Å². The van der Waals surface area contributed by atoms with E-state index in [2.05, 4.69) is 10.4 Å². The van der Waals surface area contributed by atoms with E-state index in [-0.39, 0.29) is 43.0 Å². The zero-order valence-electron chi connectivity index (χ0n) is 22.9. The number of carbonyl (C=O) groups is 3. The number of halogens is 1. The van der Waals surface area contributed by atoms with Crippen LogP contribution in [-0.2, 0) is 11.3 Å². The highest BCUT2D eigenvalue weighted by atomic mass is 35.5. The zero-order valence-corrected chi connectivity index (χ0v) is 23.7. The Bertz CT molecular complexity index is 1370. The number of urea groups is 1. The molecule has 1 aromatic heterocycles. The molecule has 1 saturated carbocycles. The molecule has 4 amide bonds. The second-order valence-electron chi connectivity index (χ2n) is 10.6. The summed E-state index contributed by atoms with van der Waals surface area (Å²) in [6.45, 7) is 2.43. The maximum Gasteiger partial charge on any atom is 0.318 e. The average molecular weight is 563 g/mol. The first-order valence-corrected chi connectivity index (χ1v) is 14.2. The van der Waals surface area contributed by atoms with E-state index in [0.717, 1.165) is 42.6 Å². The van der Waals surface area contributed by atoms with Crippen molar-refractivity contribution in [2.45, 2.75) is 57.7 Å². The van der Waals surface area contributed by atoms with Crippen LogP contribution in [0.1, 0.15) is 54.9 Å². The first kappa shape index (κ1) is 27.7. The summed E-state index contributed by atoms with van der Waals surface area (Å²) in [6, 6.07) is 14.2. The third kappa shape index (κ3) is 5.84. The molecule has 40 heavy (non-hydrogen) atoms. The van der Waals surface area contributed by atoms with Crippen molar-refractivity contribution in [1.29, 1.82) is 0 Å². The van der Waals surface area contributed by atoms with Gasteiger partial charge in [-0.25, -0.2) is 9.48 Å². The van der Waals surface area contributed by atoms with Gasteiger partial charge < -0.3 is 20.0 Å². The van der Waals surface area contributed by atoms with E-state index in [4.69, 9.17) is 11.6 Å². The number of likely N-dealkylation sites (N-methyl/N-ethyl adjacent to an activating group) is 1. The van der Waals surface area contributed by atoms with E-state index < -0.39 is 0 Å². The number of rotatable bonds is 5. The van der Waals surface area contributed by atoms with Crippen LogP contribution in [0.4, 0.5) is 10.5 Å². The van der Waals surface area contributed by atoms with Crippen LogP contribution in [0.3, 0.4) is 0 Å². The lowest BCUT2D eigenvalue weighted by atomic mass is 9.94. The molecule has 0 radical (unpaired) electrons. The third-order valence-corrected chi connectivity index (χ3v) is 8.28. The van der Waals surface area contributed by atoms with Crippen molar-refractivity contribution in [3.63, 3.8) is 0 Å². The number of amides is 4. The minimum Gasteiger partial charge on any atom is -0.341 e. The summed E-state index contributed by atoms with van der Waals surface area (Å²) in [5.41, 5.74) is 2.69. The van der Waals surface area contributed by atoms with Crippen molar-refractivity contribution in [3.8, 4) is 5.69 Å². The molecule has 2 heterocycles. The molecule has 1 atom stereocenters. The molecule has 2 aromatic carbocycles. The second-order valence-corrected chi connectivity index (χ2v) is 11.0. The number of anilines is 1. The fraction of sp³-hybridized carbons (Fsp3) is 0.400. The molecule has 5 rings (SSSR count). The van der Waals surface area contributed by atoms with Crippen LogP contribution >= 0.6 is 11.6 Å². The molecule has 0 bridgehead atoms. The Hall–Kier alpha value is -3.85. The number of hydrogen-bond acceptors (Lipinski definition) is 4. The Morgan fingerprint density at radius 2 is 1.85 bits per heavy atom. The third-order valence-electron chi connectivity index (χ3n) is 7.97. The van der Waals surface area contributed by atoms with Crippen LogP contribution in [0, 0.1) is 0 Å². The minimum atomic E-state index is -0.330. The van der Waals surface area contributed by atoms with E-state index in [1.807, 2.05) is 44.3 Å². The van der Waals surface area contributed by atoms with Gasteiger partial charge in [0.15, 0.2) is 0 Å². The van der Waals surface area contributed by atoms with Gasteiger partial charge in [-0.2, -0.15) is 5.10 Å². The van der Waals surface area contributed by atoms with Gasteiger partial charge in [-0.05, 0) is 55.7 Å². The molecule has 0 spiro atoms. The molecule has 9 nitrogen and oxygen atoms in total. The number of nitrogens with zero attached hydrogens (tertiary/aromatic N) is 5. The second kappa shape index (κ2) is 12.1. The van der Waals surface area contributed by atoms with Gasteiger partial charge in [0.25, 0.3) is 5.91 Å². The van der Waals surface area contributed by atoms with E-state index in [1.165, 1.54) is 6.42 Å². The van der Waals surface area contributed by atoms with Crippen molar-refractivity contribution in [2.24, 2.45) is 0 Å². The van der Waals surface area contributed by atoms with Crippen molar-refractivity contribution in [1.82, 2.24) is 24.9 Å². The maximum absolute atomic E-state index is 13.8. The minimum absolute atomic E-state index is 0.0580. The predicted octanol–water partition coefficient (Wildman–Crippen LogP) is 4.88. The summed E-state index contributed by atoms with van der Waals surface area (Å²) in [5.74, 6) is -0.337. The van der Waals surface area contributed by atoms with E-state index in [9.17, 15) is 14.4 Å². The Morgan fingerprint density at radius 1 is 1.07 bits per heavy atom. The summed E-state index contributed by atoms with van der Waals surface area (Å²) < 4.78 is 1.68. The number of aromatic nitrogens is 2. The normalized spacial score (nSPS) is 17.6. The fourth-order valence-electron chi connectivity index (χ4n) is 5.61. The smallest absolute Gasteiger partial charge is 0.318 e. The molecule has 2 aliphatic rings. The van der Waals surface area contributed by atoms with E-state index in [0.29, 0.717) is 17.1 Å². The highest BCUT2D eigenvalue weighted by Gasteiger charge is 2.32. The highest BCUT2D eigenvalue weighted by molar-refractivity contribution is 6.34. The molecule has 1 aliphatic carbocycles. The van der Waals surface area contributed by atoms with E-state index >= 15 is 0 Å². The number of carbonyl (C=O) groups excluding carboxylic acids is 3. The monoisotopic (exact) mass is 562 g/mol. The lowest BCUT2D eigenvalue weighted by Gasteiger charge is -2.32. The van der Waals surface area contributed by atoms with Gasteiger partial charge in [-0.15, -0.1) is 0 Å². The largest absolute Gasteiger partial charge is 0.341 e. The number of nitrogens with one attached hydrogen (secondary N) is 1. The van der Waals surface area contributed by atoms with Crippen LogP contribution in [0.5, 0.6) is 0 Å². The van der Waals surface area contributed by atoms with Gasteiger partial charge >= 0.3 is 6.03 Å². The van der Waals surface area contributed by atoms with Gasteiger partial charge in [0.1, 0.15) is 0 Å².